The van der Waals surface area contributed by atoms with Crippen LogP contribution in [0.4, 0.5) is 13.2 Å². The van der Waals surface area contributed by atoms with Crippen molar-refractivity contribution >= 4 is 11.6 Å². The molecule has 0 saturated carbocycles. The van der Waals surface area contributed by atoms with Crippen molar-refractivity contribution < 1.29 is 13.2 Å². The summed E-state index contributed by atoms with van der Waals surface area (Å²) in [5, 5.41) is 11.8. The molecule has 7 heteroatoms. The van der Waals surface area contributed by atoms with Gasteiger partial charge in [0.1, 0.15) is 0 Å². The summed E-state index contributed by atoms with van der Waals surface area (Å²) in [6, 6.07) is 5.61. The van der Waals surface area contributed by atoms with Crippen LogP contribution >= 0.6 is 11.6 Å². The zero-order valence-electron chi connectivity index (χ0n) is 11.3. The molecule has 1 fully saturated rings. The van der Waals surface area contributed by atoms with Crippen molar-refractivity contribution in [2.45, 2.75) is 18.6 Å². The van der Waals surface area contributed by atoms with Crippen molar-refractivity contribution in [3.63, 3.8) is 0 Å². The van der Waals surface area contributed by atoms with Gasteiger partial charge in [-0.05, 0) is 17.7 Å². The van der Waals surface area contributed by atoms with Crippen molar-refractivity contribution in [3.8, 4) is 6.07 Å². The van der Waals surface area contributed by atoms with E-state index in [1.807, 2.05) is 4.90 Å². The van der Waals surface area contributed by atoms with Crippen LogP contribution in [0, 0.1) is 11.3 Å². The van der Waals surface area contributed by atoms with E-state index in [-0.39, 0.29) is 17.5 Å². The molecule has 0 unspecified atom stereocenters. The van der Waals surface area contributed by atoms with Gasteiger partial charge in [-0.1, -0.05) is 17.7 Å². The first-order valence-corrected chi connectivity index (χ1v) is 6.99. The number of nitrogens with one attached hydrogen (secondary N) is 1. The smallest absolute Gasteiger partial charge is 0.314 e. The third kappa shape index (κ3) is 3.88. The Morgan fingerprint density at radius 2 is 2.00 bits per heavy atom. The SMILES string of the molecule is N#CC[C@@H](c1ccc(Cl)c(C(F)(F)F)c1)N1CCNCC1. The summed E-state index contributed by atoms with van der Waals surface area (Å²) < 4.78 is 38.8. The maximum atomic E-state index is 12.9. The summed E-state index contributed by atoms with van der Waals surface area (Å²) in [6.45, 7) is 2.94. The fourth-order valence-corrected chi connectivity index (χ4v) is 2.73. The highest BCUT2D eigenvalue weighted by molar-refractivity contribution is 6.31. The zero-order chi connectivity index (χ0) is 15.5. The normalized spacial score (nSPS) is 18.2. The Morgan fingerprint density at radius 1 is 1.33 bits per heavy atom. The number of rotatable bonds is 3. The monoisotopic (exact) mass is 317 g/mol. The lowest BCUT2D eigenvalue weighted by atomic mass is 9.99. The number of alkyl halides is 3. The molecule has 3 nitrogen and oxygen atoms in total. The molecule has 1 heterocycles. The third-order valence-corrected chi connectivity index (χ3v) is 3.89. The van der Waals surface area contributed by atoms with Crippen LogP contribution in [0.15, 0.2) is 18.2 Å². The van der Waals surface area contributed by atoms with Gasteiger partial charge in [-0.15, -0.1) is 0 Å². The Labute approximate surface area is 126 Å². The Morgan fingerprint density at radius 3 is 2.57 bits per heavy atom. The average molecular weight is 318 g/mol. The molecule has 0 amide bonds. The number of nitrogens with zero attached hydrogens (tertiary/aromatic N) is 2. The third-order valence-electron chi connectivity index (χ3n) is 3.56. The largest absolute Gasteiger partial charge is 0.417 e. The highest BCUT2D eigenvalue weighted by Crippen LogP contribution is 2.37. The van der Waals surface area contributed by atoms with Crippen molar-refractivity contribution in [3.05, 3.63) is 34.3 Å². The Hall–Kier alpha value is -1.29. The van der Waals surface area contributed by atoms with E-state index >= 15 is 0 Å². The fraction of sp³-hybridized carbons (Fsp3) is 0.500. The van der Waals surface area contributed by atoms with E-state index in [0.29, 0.717) is 18.7 Å². The van der Waals surface area contributed by atoms with E-state index in [0.717, 1.165) is 19.2 Å². The predicted molar refractivity (Wildman–Crippen MR) is 73.9 cm³/mol. The van der Waals surface area contributed by atoms with Crippen LogP contribution in [-0.4, -0.2) is 31.1 Å². The van der Waals surface area contributed by atoms with E-state index in [2.05, 4.69) is 11.4 Å². The molecule has 1 saturated heterocycles. The van der Waals surface area contributed by atoms with Crippen LogP contribution in [0.2, 0.25) is 5.02 Å². The van der Waals surface area contributed by atoms with Gasteiger partial charge in [0.15, 0.2) is 0 Å². The number of hydrogen-bond donors (Lipinski definition) is 1. The highest BCUT2D eigenvalue weighted by atomic mass is 35.5. The zero-order valence-corrected chi connectivity index (χ0v) is 12.0. The number of nitriles is 1. The van der Waals surface area contributed by atoms with Crippen molar-refractivity contribution in [1.29, 1.82) is 5.26 Å². The van der Waals surface area contributed by atoms with Gasteiger partial charge < -0.3 is 5.32 Å². The van der Waals surface area contributed by atoms with Gasteiger partial charge >= 0.3 is 6.18 Å². The standard InChI is InChI=1S/C14H15ClF3N3/c15-12-2-1-10(9-11(12)14(16,17)18)13(3-4-19)21-7-5-20-6-8-21/h1-2,9,13,20H,3,5-8H2/t13-/m0/s1. The maximum Gasteiger partial charge on any atom is 0.417 e. The van der Waals surface area contributed by atoms with Crippen LogP contribution in [0.1, 0.15) is 23.6 Å². The second-order valence-electron chi connectivity index (χ2n) is 4.90. The van der Waals surface area contributed by atoms with Gasteiger partial charge in [-0.25, -0.2) is 0 Å². The summed E-state index contributed by atoms with van der Waals surface area (Å²) in [7, 11) is 0. The van der Waals surface area contributed by atoms with E-state index in [4.69, 9.17) is 16.9 Å². The number of benzene rings is 1. The van der Waals surface area contributed by atoms with Crippen LogP contribution < -0.4 is 5.32 Å². The lowest BCUT2D eigenvalue weighted by Gasteiger charge is -2.34. The maximum absolute atomic E-state index is 12.9. The molecule has 0 spiro atoms. The van der Waals surface area contributed by atoms with E-state index in [9.17, 15) is 13.2 Å². The summed E-state index contributed by atoms with van der Waals surface area (Å²) >= 11 is 5.64. The molecule has 1 N–H and O–H groups in total. The molecule has 0 bridgehead atoms. The molecular weight excluding hydrogens is 303 g/mol. The fourth-order valence-electron chi connectivity index (χ4n) is 2.51. The van der Waals surface area contributed by atoms with Crippen molar-refractivity contribution in [2.24, 2.45) is 0 Å². The molecule has 0 aliphatic carbocycles. The second kappa shape index (κ2) is 6.65. The van der Waals surface area contributed by atoms with Gasteiger partial charge in [-0.2, -0.15) is 18.4 Å². The summed E-state index contributed by atoms with van der Waals surface area (Å²) in [5.41, 5.74) is -0.366. The van der Waals surface area contributed by atoms with Gasteiger partial charge in [0, 0.05) is 32.2 Å². The quantitative estimate of drug-likeness (QED) is 0.930. The first-order chi connectivity index (χ1) is 9.93. The molecule has 1 aromatic rings. The van der Waals surface area contributed by atoms with Gasteiger partial charge in [0.25, 0.3) is 0 Å². The first-order valence-electron chi connectivity index (χ1n) is 6.62. The molecule has 114 valence electrons. The van der Waals surface area contributed by atoms with Gasteiger partial charge in [0.2, 0.25) is 0 Å². The van der Waals surface area contributed by atoms with Gasteiger partial charge in [0.05, 0.1) is 23.1 Å². The topological polar surface area (TPSA) is 39.1 Å². The number of hydrogen-bond acceptors (Lipinski definition) is 3. The molecule has 0 aromatic heterocycles. The van der Waals surface area contributed by atoms with Crippen LogP contribution in [0.25, 0.3) is 0 Å². The Balaban J connectivity index is 2.34. The van der Waals surface area contributed by atoms with E-state index < -0.39 is 11.7 Å². The summed E-state index contributed by atoms with van der Waals surface area (Å²) in [4.78, 5) is 2.03. The molecule has 1 aromatic carbocycles. The van der Waals surface area contributed by atoms with Crippen molar-refractivity contribution in [1.82, 2.24) is 10.2 Å². The number of piperazine rings is 1. The minimum absolute atomic E-state index is 0.152. The molecule has 2 rings (SSSR count). The predicted octanol–water partition coefficient (Wildman–Crippen LogP) is 3.22. The highest BCUT2D eigenvalue weighted by Gasteiger charge is 2.34. The summed E-state index contributed by atoms with van der Waals surface area (Å²) in [5.74, 6) is 0. The van der Waals surface area contributed by atoms with Crippen LogP contribution in [-0.2, 0) is 6.18 Å². The van der Waals surface area contributed by atoms with E-state index in [1.54, 1.807) is 6.07 Å². The number of halogens is 4. The van der Waals surface area contributed by atoms with Crippen LogP contribution in [0.5, 0.6) is 0 Å². The average Bonchev–Trinajstić information content (AvgIpc) is 2.45. The van der Waals surface area contributed by atoms with E-state index in [1.165, 1.54) is 6.07 Å². The molecular formula is C14H15ClF3N3. The van der Waals surface area contributed by atoms with Gasteiger partial charge in [-0.3, -0.25) is 4.90 Å². The molecule has 1 atom stereocenters. The second-order valence-corrected chi connectivity index (χ2v) is 5.31. The summed E-state index contributed by atoms with van der Waals surface area (Å²) in [6.07, 6.45) is -4.34. The molecule has 21 heavy (non-hydrogen) atoms. The Kier molecular flexibility index (Phi) is 5.09. The Bertz CT molecular complexity index is 533. The molecule has 0 radical (unpaired) electrons. The molecule has 1 aliphatic heterocycles. The minimum Gasteiger partial charge on any atom is -0.314 e. The lowest BCUT2D eigenvalue weighted by molar-refractivity contribution is -0.137. The minimum atomic E-state index is -4.49. The first kappa shape index (κ1) is 16.1. The van der Waals surface area contributed by atoms with Crippen LogP contribution in [0.3, 0.4) is 0 Å². The lowest BCUT2D eigenvalue weighted by Crippen LogP contribution is -2.45. The molecule has 1 aliphatic rings. The van der Waals surface area contributed by atoms with Crippen molar-refractivity contribution in [2.75, 3.05) is 26.2 Å².